The third kappa shape index (κ3) is 119. The van der Waals surface area contributed by atoms with Gasteiger partial charge < -0.3 is 27.6 Å². The molecule has 0 spiro atoms. The molecule has 0 unspecified atom stereocenters. The summed E-state index contributed by atoms with van der Waals surface area (Å²) in [5.41, 5.74) is 0. The van der Waals surface area contributed by atoms with Gasteiger partial charge in [0.2, 0.25) is 0 Å². The fourth-order valence-electron chi connectivity index (χ4n) is 0. The van der Waals surface area contributed by atoms with Crippen LogP contribution in [0.4, 0.5) is 4.79 Å². The fraction of sp³-hybridized carbons (Fsp3) is 0.333. The molecule has 0 aromatic carbocycles. The van der Waals surface area contributed by atoms with Gasteiger partial charge in [0.05, 0.1) is 0 Å². The normalized spacial score (nSPS) is 4.90. The van der Waals surface area contributed by atoms with Gasteiger partial charge in [-0.3, -0.25) is 4.79 Å². The lowest BCUT2D eigenvalue weighted by Crippen LogP contribution is -1.81. The Kier molecular flexibility index (Phi) is 36.6. The maximum absolute atomic E-state index is 9.00. The number of aliphatic carboxylic acids is 1. The molecule has 9 N–H and O–H groups in total. The second-order valence-electron chi connectivity index (χ2n) is 0.802. The maximum atomic E-state index is 9.00. The quantitative estimate of drug-likeness (QED) is 0.343. The standard InChI is InChI=1S/C2H4O2.CH2O3.2H3N/c1-2(3)4;2-1(3)4;;/h1H3,(H,3,4);(H2,2,3,4);2*1H3. The number of carboxylic acids is 1. The molecule has 7 heteroatoms. The van der Waals surface area contributed by atoms with Crippen LogP contribution in [0.1, 0.15) is 6.92 Å². The Morgan fingerprint density at radius 1 is 1.00 bits per heavy atom. The Labute approximate surface area is 57.5 Å². The summed E-state index contributed by atoms with van der Waals surface area (Å²) in [6.07, 6.45) is -1.83. The highest BCUT2D eigenvalue weighted by atomic mass is 16.6. The van der Waals surface area contributed by atoms with Gasteiger partial charge in [0.25, 0.3) is 5.97 Å². The van der Waals surface area contributed by atoms with Crippen LogP contribution in [0, 0.1) is 0 Å². The highest BCUT2D eigenvalue weighted by molar-refractivity contribution is 5.62. The predicted molar refractivity (Wildman–Crippen MR) is 34.0 cm³/mol. The van der Waals surface area contributed by atoms with Crippen molar-refractivity contribution >= 4 is 12.1 Å². The highest BCUT2D eigenvalue weighted by Crippen LogP contribution is 1.43. The van der Waals surface area contributed by atoms with Gasteiger partial charge in [-0.2, -0.15) is 0 Å². The molecule has 0 heterocycles. The molecule has 0 saturated carbocycles. The predicted octanol–water partition coefficient (Wildman–Crippen LogP) is 0.637. The first-order valence-corrected chi connectivity index (χ1v) is 1.58. The molecule has 0 amide bonds. The van der Waals surface area contributed by atoms with Crippen molar-refractivity contribution in [2.75, 3.05) is 0 Å². The monoisotopic (exact) mass is 156 g/mol. The second-order valence-corrected chi connectivity index (χ2v) is 0.802. The number of rotatable bonds is 0. The van der Waals surface area contributed by atoms with Crippen molar-refractivity contribution < 1.29 is 24.9 Å². The Morgan fingerprint density at radius 2 is 1.00 bits per heavy atom. The summed E-state index contributed by atoms with van der Waals surface area (Å²) in [6.45, 7) is 1.08. The van der Waals surface area contributed by atoms with Crippen LogP contribution in [0.2, 0.25) is 0 Å². The van der Waals surface area contributed by atoms with Crippen LogP contribution in [0.25, 0.3) is 0 Å². The van der Waals surface area contributed by atoms with Crippen LogP contribution in [-0.2, 0) is 4.79 Å². The van der Waals surface area contributed by atoms with Gasteiger partial charge in [0.1, 0.15) is 0 Å². The van der Waals surface area contributed by atoms with Gasteiger partial charge in [-0.15, -0.1) is 0 Å². The van der Waals surface area contributed by atoms with Gasteiger partial charge in [-0.25, -0.2) is 4.79 Å². The Morgan fingerprint density at radius 3 is 1.00 bits per heavy atom. The zero-order chi connectivity index (χ0) is 7.15. The summed E-state index contributed by atoms with van der Waals surface area (Å²) in [5, 5.41) is 21.4. The molecule has 0 fully saturated rings. The van der Waals surface area contributed by atoms with Crippen LogP contribution < -0.4 is 12.3 Å². The van der Waals surface area contributed by atoms with E-state index in [4.69, 9.17) is 24.9 Å². The molecule has 7 nitrogen and oxygen atoms in total. The largest absolute Gasteiger partial charge is 0.503 e. The van der Waals surface area contributed by atoms with E-state index in [2.05, 4.69) is 0 Å². The van der Waals surface area contributed by atoms with Crippen molar-refractivity contribution in [3.05, 3.63) is 0 Å². The lowest BCUT2D eigenvalue weighted by atomic mass is 10.9. The second kappa shape index (κ2) is 15.6. The SMILES string of the molecule is CC(=O)O.N.N.O=C(O)O. The van der Waals surface area contributed by atoms with Crippen molar-refractivity contribution in [2.24, 2.45) is 0 Å². The van der Waals surface area contributed by atoms with E-state index in [0.717, 1.165) is 6.92 Å². The summed E-state index contributed by atoms with van der Waals surface area (Å²) in [4.78, 5) is 17.6. The van der Waals surface area contributed by atoms with Gasteiger partial charge in [-0.05, 0) is 0 Å². The molecular formula is C3H12N2O5. The molecule has 0 rings (SSSR count). The van der Waals surface area contributed by atoms with E-state index >= 15 is 0 Å². The molecule has 0 aromatic rings. The number of carboxylic acid groups (broad SMARTS) is 3. The molecule has 0 saturated heterocycles. The van der Waals surface area contributed by atoms with Crippen LogP contribution in [0.3, 0.4) is 0 Å². The number of hydrogen-bond acceptors (Lipinski definition) is 4. The molecule has 64 valence electrons. The van der Waals surface area contributed by atoms with E-state index in [1.165, 1.54) is 0 Å². The van der Waals surface area contributed by atoms with E-state index in [0.29, 0.717) is 0 Å². The lowest BCUT2D eigenvalue weighted by molar-refractivity contribution is -0.134. The van der Waals surface area contributed by atoms with Gasteiger partial charge in [-0.1, -0.05) is 0 Å². The van der Waals surface area contributed by atoms with Crippen LogP contribution in [0.15, 0.2) is 0 Å². The summed E-state index contributed by atoms with van der Waals surface area (Å²) in [5.74, 6) is -0.833. The van der Waals surface area contributed by atoms with E-state index in [9.17, 15) is 0 Å². The third-order valence-electron chi connectivity index (χ3n) is 0. The first-order chi connectivity index (χ1) is 3.46. The summed E-state index contributed by atoms with van der Waals surface area (Å²) < 4.78 is 0. The van der Waals surface area contributed by atoms with Crippen LogP contribution in [-0.4, -0.2) is 27.4 Å². The van der Waals surface area contributed by atoms with E-state index < -0.39 is 12.1 Å². The van der Waals surface area contributed by atoms with Crippen LogP contribution >= 0.6 is 0 Å². The minimum atomic E-state index is -1.83. The highest BCUT2D eigenvalue weighted by Gasteiger charge is 1.70. The zero-order valence-corrected chi connectivity index (χ0v) is 5.57. The molecule has 0 aromatic heterocycles. The van der Waals surface area contributed by atoms with E-state index in [1.54, 1.807) is 0 Å². The molecule has 10 heavy (non-hydrogen) atoms. The molecule has 0 atom stereocenters. The minimum absolute atomic E-state index is 0. The smallest absolute Gasteiger partial charge is 0.481 e. The summed E-state index contributed by atoms with van der Waals surface area (Å²) in [7, 11) is 0. The van der Waals surface area contributed by atoms with E-state index in [1.807, 2.05) is 0 Å². The molecule has 0 bridgehead atoms. The van der Waals surface area contributed by atoms with Crippen molar-refractivity contribution in [1.29, 1.82) is 0 Å². The van der Waals surface area contributed by atoms with Crippen molar-refractivity contribution in [2.45, 2.75) is 6.92 Å². The Hall–Kier alpha value is -1.34. The van der Waals surface area contributed by atoms with Crippen molar-refractivity contribution in [3.8, 4) is 0 Å². The number of hydrogen-bond donors (Lipinski definition) is 5. The first-order valence-electron chi connectivity index (χ1n) is 1.58. The maximum Gasteiger partial charge on any atom is 0.503 e. The number of carbonyl (C=O) groups is 2. The topological polar surface area (TPSA) is 165 Å². The molecule has 0 aliphatic heterocycles. The molecular weight excluding hydrogens is 144 g/mol. The first kappa shape index (κ1) is 23.4. The van der Waals surface area contributed by atoms with Gasteiger partial charge in [0, 0.05) is 6.92 Å². The Balaban J connectivity index is -0.0000000300. The molecule has 0 aliphatic carbocycles. The van der Waals surface area contributed by atoms with E-state index in [-0.39, 0.29) is 12.3 Å². The summed E-state index contributed by atoms with van der Waals surface area (Å²) >= 11 is 0. The minimum Gasteiger partial charge on any atom is -0.481 e. The molecule has 0 radical (unpaired) electrons. The van der Waals surface area contributed by atoms with Crippen molar-refractivity contribution in [3.63, 3.8) is 0 Å². The zero-order valence-electron chi connectivity index (χ0n) is 5.57. The van der Waals surface area contributed by atoms with Crippen molar-refractivity contribution in [1.82, 2.24) is 12.3 Å². The fourth-order valence-corrected chi connectivity index (χ4v) is 0. The summed E-state index contributed by atoms with van der Waals surface area (Å²) in [6, 6.07) is 0. The van der Waals surface area contributed by atoms with Gasteiger partial charge in [0.15, 0.2) is 0 Å². The average Bonchev–Trinajstić information content (AvgIpc) is 1.25. The molecule has 0 aliphatic rings. The Bertz CT molecular complexity index is 72.9. The van der Waals surface area contributed by atoms with Crippen LogP contribution in [0.5, 0.6) is 0 Å². The lowest BCUT2D eigenvalue weighted by Gasteiger charge is -1.60. The third-order valence-corrected chi connectivity index (χ3v) is 0. The average molecular weight is 156 g/mol. The van der Waals surface area contributed by atoms with Gasteiger partial charge >= 0.3 is 6.16 Å².